The van der Waals surface area contributed by atoms with Crippen LogP contribution in [0.15, 0.2) is 16.5 Å². The van der Waals surface area contributed by atoms with E-state index in [1.807, 2.05) is 0 Å². The van der Waals surface area contributed by atoms with Crippen LogP contribution in [0.4, 0.5) is 0 Å². The number of fused-ring (bicyclic) bond motifs is 1. The van der Waals surface area contributed by atoms with Gasteiger partial charge in [0.1, 0.15) is 0 Å². The standard InChI is InChI=1S/C6H9N4/c7-6-4-3-8-2-1-5(4)9-10-6/h8H,1-3,7H2. The van der Waals surface area contributed by atoms with E-state index < -0.39 is 0 Å². The van der Waals surface area contributed by atoms with Crippen LogP contribution in [0.25, 0.3) is 0 Å². The lowest BCUT2D eigenvalue weighted by Crippen LogP contribution is -2.30. The molecule has 3 N–H and O–H groups in total. The second-order valence-electron chi connectivity index (χ2n) is 2.44. The van der Waals surface area contributed by atoms with E-state index in [2.05, 4.69) is 15.8 Å². The molecule has 1 saturated heterocycles. The van der Waals surface area contributed by atoms with Crippen molar-refractivity contribution in [2.45, 2.75) is 6.42 Å². The Morgan fingerprint density at radius 2 is 2.40 bits per heavy atom. The van der Waals surface area contributed by atoms with Crippen molar-refractivity contribution < 1.29 is 0 Å². The Morgan fingerprint density at radius 1 is 1.50 bits per heavy atom. The van der Waals surface area contributed by atoms with Gasteiger partial charge in [0.05, 0.1) is 5.71 Å². The summed E-state index contributed by atoms with van der Waals surface area (Å²) in [7, 11) is 0. The number of nitrogens with one attached hydrogen (secondary N) is 1. The summed E-state index contributed by atoms with van der Waals surface area (Å²) in [5.41, 5.74) is 11.5. The van der Waals surface area contributed by atoms with E-state index in [1.54, 1.807) is 0 Å². The van der Waals surface area contributed by atoms with Crippen molar-refractivity contribution in [3.8, 4) is 0 Å². The molecule has 10 heavy (non-hydrogen) atoms. The molecule has 0 aromatic heterocycles. The van der Waals surface area contributed by atoms with Crippen molar-refractivity contribution >= 4 is 5.71 Å². The average Bonchev–Trinajstić information content (AvgIpc) is 2.34. The summed E-state index contributed by atoms with van der Waals surface area (Å²) in [6.45, 7) is 1.82. The van der Waals surface area contributed by atoms with E-state index in [0.717, 1.165) is 30.8 Å². The smallest absolute Gasteiger partial charge is 0.152 e. The Morgan fingerprint density at radius 3 is 3.20 bits per heavy atom. The normalized spacial score (nSPS) is 23.8. The van der Waals surface area contributed by atoms with Crippen LogP contribution in [0.5, 0.6) is 0 Å². The largest absolute Gasteiger partial charge is 0.382 e. The van der Waals surface area contributed by atoms with Gasteiger partial charge >= 0.3 is 0 Å². The van der Waals surface area contributed by atoms with Crippen LogP contribution in [0.1, 0.15) is 6.42 Å². The number of hydrogen-bond acceptors (Lipinski definition) is 3. The molecule has 0 saturated carbocycles. The van der Waals surface area contributed by atoms with Crippen molar-refractivity contribution in [3.05, 3.63) is 11.4 Å². The zero-order valence-electron chi connectivity index (χ0n) is 5.59. The minimum absolute atomic E-state index is 0.585. The number of hydrogen-bond donors (Lipinski definition) is 2. The highest BCUT2D eigenvalue weighted by Crippen LogP contribution is 2.13. The van der Waals surface area contributed by atoms with Gasteiger partial charge in [0, 0.05) is 25.1 Å². The van der Waals surface area contributed by atoms with E-state index in [4.69, 9.17) is 5.73 Å². The van der Waals surface area contributed by atoms with Gasteiger partial charge in [0.25, 0.3) is 0 Å². The Kier molecular flexibility index (Phi) is 1.14. The van der Waals surface area contributed by atoms with Gasteiger partial charge in [0.2, 0.25) is 0 Å². The summed E-state index contributed by atoms with van der Waals surface area (Å²) in [6.07, 6.45) is 0.958. The van der Waals surface area contributed by atoms with E-state index >= 15 is 0 Å². The highest BCUT2D eigenvalue weighted by molar-refractivity contribution is 6.03. The van der Waals surface area contributed by atoms with Gasteiger partial charge in [-0.3, -0.25) is 0 Å². The van der Waals surface area contributed by atoms with Crippen LogP contribution in [0.2, 0.25) is 0 Å². The Hall–Kier alpha value is -1.03. The molecule has 0 atom stereocenters. The minimum Gasteiger partial charge on any atom is -0.382 e. The van der Waals surface area contributed by atoms with Crippen molar-refractivity contribution in [1.29, 1.82) is 0 Å². The number of piperidine rings is 1. The summed E-state index contributed by atoms with van der Waals surface area (Å²) in [4.78, 5) is 0. The molecule has 0 aromatic rings. The van der Waals surface area contributed by atoms with Crippen LogP contribution in [0.3, 0.4) is 0 Å². The second kappa shape index (κ2) is 1.98. The van der Waals surface area contributed by atoms with Gasteiger partial charge in [-0.05, 0) is 0 Å². The average molecular weight is 137 g/mol. The second-order valence-corrected chi connectivity index (χ2v) is 2.44. The summed E-state index contributed by atoms with van der Waals surface area (Å²) >= 11 is 0. The quantitative estimate of drug-likeness (QED) is 0.455. The molecular formula is C6H9N4. The van der Waals surface area contributed by atoms with Gasteiger partial charge in [-0.1, -0.05) is 0 Å². The van der Waals surface area contributed by atoms with Crippen LogP contribution in [0, 0.1) is 0 Å². The molecule has 1 fully saturated rings. The minimum atomic E-state index is 0.585. The molecule has 53 valence electrons. The topological polar surface area (TPSA) is 64.5 Å². The van der Waals surface area contributed by atoms with Gasteiger partial charge in [0.15, 0.2) is 5.82 Å². The maximum Gasteiger partial charge on any atom is 0.152 e. The monoisotopic (exact) mass is 137 g/mol. The molecule has 0 amide bonds. The molecule has 2 heterocycles. The predicted octanol–water partition coefficient (Wildman–Crippen LogP) is -0.876. The first kappa shape index (κ1) is 5.73. The Labute approximate surface area is 59.2 Å². The molecule has 1 radical (unpaired) electrons. The van der Waals surface area contributed by atoms with Crippen molar-refractivity contribution in [3.63, 3.8) is 0 Å². The van der Waals surface area contributed by atoms with Crippen LogP contribution in [-0.2, 0) is 0 Å². The lowest BCUT2D eigenvalue weighted by Gasteiger charge is -2.13. The van der Waals surface area contributed by atoms with E-state index in [-0.39, 0.29) is 0 Å². The Balaban J connectivity index is 2.29. The zero-order valence-corrected chi connectivity index (χ0v) is 5.59. The molecule has 4 nitrogen and oxygen atoms in total. The Bertz CT molecular complexity index is 216. The predicted molar refractivity (Wildman–Crippen MR) is 38.3 cm³/mol. The molecule has 2 rings (SSSR count). The first-order valence-corrected chi connectivity index (χ1v) is 3.35. The molecular weight excluding hydrogens is 128 g/mol. The molecule has 0 unspecified atom stereocenters. The lowest BCUT2D eigenvalue weighted by atomic mass is 10.1. The van der Waals surface area contributed by atoms with Crippen molar-refractivity contribution in [1.82, 2.24) is 10.7 Å². The van der Waals surface area contributed by atoms with Crippen LogP contribution < -0.4 is 16.5 Å². The first-order valence-electron chi connectivity index (χ1n) is 3.35. The van der Waals surface area contributed by atoms with Crippen LogP contribution >= 0.6 is 0 Å². The summed E-state index contributed by atoms with van der Waals surface area (Å²) in [6, 6.07) is 0. The molecule has 0 aromatic carbocycles. The van der Waals surface area contributed by atoms with Gasteiger partial charge in [-0.15, -0.1) is 5.43 Å². The maximum absolute atomic E-state index is 5.55. The SMILES string of the molecule is NC1=C2CNCCC2=N[N]1. The molecule has 2 aliphatic rings. The highest BCUT2D eigenvalue weighted by atomic mass is 15.3. The third kappa shape index (κ3) is 0.690. The fourth-order valence-electron chi connectivity index (χ4n) is 1.20. The van der Waals surface area contributed by atoms with Gasteiger partial charge in [-0.25, -0.2) is 0 Å². The van der Waals surface area contributed by atoms with E-state index in [9.17, 15) is 0 Å². The summed E-state index contributed by atoms with van der Waals surface area (Å²) < 4.78 is 0. The lowest BCUT2D eigenvalue weighted by molar-refractivity contribution is 0.730. The molecule has 0 spiro atoms. The van der Waals surface area contributed by atoms with Gasteiger partial charge in [-0.2, -0.15) is 5.10 Å². The van der Waals surface area contributed by atoms with Crippen LogP contribution in [-0.4, -0.2) is 18.8 Å². The van der Waals surface area contributed by atoms with E-state index in [1.165, 1.54) is 0 Å². The van der Waals surface area contributed by atoms with E-state index in [0.29, 0.717) is 5.82 Å². The molecule has 4 heteroatoms. The number of nitrogens with zero attached hydrogens (tertiary/aromatic N) is 2. The highest BCUT2D eigenvalue weighted by Gasteiger charge is 2.21. The molecule has 0 aliphatic carbocycles. The van der Waals surface area contributed by atoms with Crippen molar-refractivity contribution in [2.24, 2.45) is 10.8 Å². The van der Waals surface area contributed by atoms with Gasteiger partial charge < -0.3 is 11.1 Å². The number of nitrogens with two attached hydrogens (primary N) is 1. The molecule has 2 aliphatic heterocycles. The number of rotatable bonds is 0. The third-order valence-electron chi connectivity index (χ3n) is 1.78. The maximum atomic E-state index is 5.55. The summed E-state index contributed by atoms with van der Waals surface area (Å²) in [5, 5.41) is 7.15. The molecule has 0 bridgehead atoms. The van der Waals surface area contributed by atoms with Crippen molar-refractivity contribution in [2.75, 3.05) is 13.1 Å². The first-order chi connectivity index (χ1) is 4.88. The zero-order chi connectivity index (χ0) is 6.97. The summed E-state index contributed by atoms with van der Waals surface area (Å²) in [5.74, 6) is 0.585. The third-order valence-corrected chi connectivity index (χ3v) is 1.78. The fraction of sp³-hybridized carbons (Fsp3) is 0.500. The fourth-order valence-corrected chi connectivity index (χ4v) is 1.20.